The standard InChI is InChI=1S/C41H28O/c1-41(2)35-24-28(29-17-10-18-36-37(29)33-22-19-26-13-6-9-16-31(26)40(33)42-36)20-21-32(35)38-30-15-8-7-14-27(30)23-34(39(38)41)25-11-4-3-5-12-25/h3-24H,1-2H3. The van der Waals surface area contributed by atoms with E-state index in [0.29, 0.717) is 0 Å². The normalized spacial score (nSPS) is 13.7. The average molecular weight is 537 g/mol. The van der Waals surface area contributed by atoms with Crippen LogP contribution in [0.2, 0.25) is 0 Å². The molecular weight excluding hydrogens is 508 g/mol. The zero-order chi connectivity index (χ0) is 28.0. The first-order chi connectivity index (χ1) is 20.6. The molecule has 0 N–H and O–H groups in total. The van der Waals surface area contributed by atoms with Gasteiger partial charge in [-0.15, -0.1) is 0 Å². The summed E-state index contributed by atoms with van der Waals surface area (Å²) in [5, 5.41) is 7.31. The molecule has 42 heavy (non-hydrogen) atoms. The molecule has 0 atom stereocenters. The summed E-state index contributed by atoms with van der Waals surface area (Å²) >= 11 is 0. The van der Waals surface area contributed by atoms with Crippen molar-refractivity contribution in [3.63, 3.8) is 0 Å². The second-order valence-corrected chi connectivity index (χ2v) is 12.1. The highest BCUT2D eigenvalue weighted by atomic mass is 16.3. The molecule has 1 heterocycles. The highest BCUT2D eigenvalue weighted by Crippen LogP contribution is 2.55. The lowest BCUT2D eigenvalue weighted by Crippen LogP contribution is -2.16. The monoisotopic (exact) mass is 536 g/mol. The van der Waals surface area contributed by atoms with Crippen molar-refractivity contribution in [2.24, 2.45) is 0 Å². The van der Waals surface area contributed by atoms with E-state index < -0.39 is 0 Å². The number of fused-ring (bicyclic) bond motifs is 10. The molecule has 198 valence electrons. The predicted molar refractivity (Wildman–Crippen MR) is 177 cm³/mol. The molecule has 0 fully saturated rings. The van der Waals surface area contributed by atoms with Gasteiger partial charge >= 0.3 is 0 Å². The summed E-state index contributed by atoms with van der Waals surface area (Å²) in [6.07, 6.45) is 0. The van der Waals surface area contributed by atoms with Gasteiger partial charge in [-0.3, -0.25) is 0 Å². The van der Waals surface area contributed by atoms with Crippen LogP contribution in [0.25, 0.3) is 76.9 Å². The van der Waals surface area contributed by atoms with Gasteiger partial charge in [-0.2, -0.15) is 0 Å². The van der Waals surface area contributed by atoms with E-state index in [-0.39, 0.29) is 5.41 Å². The molecule has 1 aromatic heterocycles. The Labute approximate surface area is 244 Å². The van der Waals surface area contributed by atoms with Gasteiger partial charge in [0.05, 0.1) is 0 Å². The largest absolute Gasteiger partial charge is 0.455 e. The second-order valence-electron chi connectivity index (χ2n) is 12.1. The third-order valence-corrected chi connectivity index (χ3v) is 9.42. The van der Waals surface area contributed by atoms with Crippen LogP contribution in [0.5, 0.6) is 0 Å². The highest BCUT2D eigenvalue weighted by Gasteiger charge is 2.39. The quantitative estimate of drug-likeness (QED) is 0.214. The average Bonchev–Trinajstić information content (AvgIpc) is 3.54. The van der Waals surface area contributed by atoms with Crippen LogP contribution in [0.15, 0.2) is 138 Å². The van der Waals surface area contributed by atoms with Crippen molar-refractivity contribution in [1.82, 2.24) is 0 Å². The van der Waals surface area contributed by atoms with Gasteiger partial charge < -0.3 is 4.42 Å². The summed E-state index contributed by atoms with van der Waals surface area (Å²) in [6.45, 7) is 4.78. The number of benzene rings is 7. The van der Waals surface area contributed by atoms with E-state index in [9.17, 15) is 0 Å². The van der Waals surface area contributed by atoms with Crippen molar-refractivity contribution in [3.05, 3.63) is 145 Å². The molecule has 0 amide bonds. The van der Waals surface area contributed by atoms with E-state index in [1.807, 2.05) is 0 Å². The molecule has 9 rings (SSSR count). The van der Waals surface area contributed by atoms with E-state index in [1.165, 1.54) is 71.4 Å². The molecule has 0 spiro atoms. The van der Waals surface area contributed by atoms with Gasteiger partial charge in [0.15, 0.2) is 0 Å². The lowest BCUT2D eigenvalue weighted by Gasteiger charge is -2.25. The van der Waals surface area contributed by atoms with Crippen molar-refractivity contribution < 1.29 is 4.42 Å². The maximum Gasteiger partial charge on any atom is 0.143 e. The summed E-state index contributed by atoms with van der Waals surface area (Å²) < 4.78 is 6.53. The topological polar surface area (TPSA) is 13.1 Å². The maximum absolute atomic E-state index is 6.53. The van der Waals surface area contributed by atoms with E-state index >= 15 is 0 Å². The Kier molecular flexibility index (Phi) is 4.73. The van der Waals surface area contributed by atoms with Crippen LogP contribution in [0.3, 0.4) is 0 Å². The first kappa shape index (κ1) is 23.6. The van der Waals surface area contributed by atoms with Crippen molar-refractivity contribution in [2.75, 3.05) is 0 Å². The maximum atomic E-state index is 6.53. The lowest BCUT2D eigenvalue weighted by atomic mass is 9.77. The van der Waals surface area contributed by atoms with E-state index in [4.69, 9.17) is 4.42 Å². The Hall–Kier alpha value is -5.14. The zero-order valence-electron chi connectivity index (χ0n) is 23.6. The molecule has 1 nitrogen and oxygen atoms in total. The van der Waals surface area contributed by atoms with Crippen molar-refractivity contribution in [1.29, 1.82) is 0 Å². The summed E-state index contributed by atoms with van der Waals surface area (Å²) in [5.74, 6) is 0. The Morgan fingerprint density at radius 1 is 0.500 bits per heavy atom. The number of rotatable bonds is 2. The predicted octanol–water partition coefficient (Wildman–Crippen LogP) is 11.5. The minimum atomic E-state index is -0.168. The minimum Gasteiger partial charge on any atom is -0.455 e. The smallest absolute Gasteiger partial charge is 0.143 e. The van der Waals surface area contributed by atoms with Crippen molar-refractivity contribution in [3.8, 4) is 33.4 Å². The summed E-state index contributed by atoms with van der Waals surface area (Å²) in [6, 6.07) is 48.6. The third kappa shape index (κ3) is 3.14. The number of hydrogen-bond acceptors (Lipinski definition) is 1. The summed E-state index contributed by atoms with van der Waals surface area (Å²) in [7, 11) is 0. The first-order valence-corrected chi connectivity index (χ1v) is 14.7. The van der Waals surface area contributed by atoms with Gasteiger partial charge in [0.2, 0.25) is 0 Å². The fourth-order valence-electron chi connectivity index (χ4n) is 7.50. The molecule has 0 bridgehead atoms. The van der Waals surface area contributed by atoms with Crippen molar-refractivity contribution in [2.45, 2.75) is 19.3 Å². The van der Waals surface area contributed by atoms with Crippen LogP contribution in [0.4, 0.5) is 0 Å². The van der Waals surface area contributed by atoms with E-state index in [2.05, 4.69) is 147 Å². The van der Waals surface area contributed by atoms with E-state index in [0.717, 1.165) is 16.6 Å². The van der Waals surface area contributed by atoms with Crippen LogP contribution >= 0.6 is 0 Å². The molecule has 8 aromatic rings. The molecule has 0 saturated carbocycles. The lowest BCUT2D eigenvalue weighted by molar-refractivity contribution is 0.663. The van der Waals surface area contributed by atoms with Crippen LogP contribution in [-0.2, 0) is 5.41 Å². The van der Waals surface area contributed by atoms with Crippen LogP contribution in [0, 0.1) is 0 Å². The molecule has 0 radical (unpaired) electrons. The van der Waals surface area contributed by atoms with Gasteiger partial charge in [0, 0.05) is 21.6 Å². The fraction of sp³-hybridized carbons (Fsp3) is 0.0732. The molecule has 7 aromatic carbocycles. The molecule has 1 aliphatic rings. The molecule has 1 heteroatoms. The molecule has 0 aliphatic heterocycles. The molecule has 0 saturated heterocycles. The van der Waals surface area contributed by atoms with Gasteiger partial charge in [0.1, 0.15) is 11.2 Å². The number of hydrogen-bond donors (Lipinski definition) is 0. The fourth-order valence-corrected chi connectivity index (χ4v) is 7.50. The van der Waals surface area contributed by atoms with Crippen LogP contribution in [0.1, 0.15) is 25.0 Å². The third-order valence-electron chi connectivity index (χ3n) is 9.42. The summed E-state index contributed by atoms with van der Waals surface area (Å²) in [5.41, 5.74) is 12.2. The Morgan fingerprint density at radius 3 is 2.12 bits per heavy atom. The van der Waals surface area contributed by atoms with E-state index in [1.54, 1.807) is 0 Å². The van der Waals surface area contributed by atoms with Crippen LogP contribution in [-0.4, -0.2) is 0 Å². The van der Waals surface area contributed by atoms with Crippen LogP contribution < -0.4 is 0 Å². The summed E-state index contributed by atoms with van der Waals surface area (Å²) in [4.78, 5) is 0. The Balaban J connectivity index is 1.31. The SMILES string of the molecule is CC1(C)c2cc(-c3cccc4oc5c6ccccc6ccc5c34)ccc2-c2c1c(-c1ccccc1)cc1ccccc21. The molecular formula is C41H28O. The second kappa shape index (κ2) is 8.44. The number of furan rings is 1. The highest BCUT2D eigenvalue weighted by molar-refractivity contribution is 6.19. The zero-order valence-corrected chi connectivity index (χ0v) is 23.6. The molecule has 0 unspecified atom stereocenters. The van der Waals surface area contributed by atoms with Crippen molar-refractivity contribution >= 4 is 43.5 Å². The Bertz CT molecular complexity index is 2370. The Morgan fingerprint density at radius 2 is 1.26 bits per heavy atom. The van der Waals surface area contributed by atoms with Gasteiger partial charge in [0.25, 0.3) is 0 Å². The van der Waals surface area contributed by atoms with Gasteiger partial charge in [-0.25, -0.2) is 0 Å². The molecule has 1 aliphatic carbocycles. The van der Waals surface area contributed by atoms with Gasteiger partial charge in [-0.05, 0) is 84.9 Å². The first-order valence-electron chi connectivity index (χ1n) is 14.7. The minimum absolute atomic E-state index is 0.168. The van der Waals surface area contributed by atoms with Gasteiger partial charge in [-0.1, -0.05) is 123 Å².